The zero-order valence-corrected chi connectivity index (χ0v) is 10.7. The first-order valence-corrected chi connectivity index (χ1v) is 6.50. The summed E-state index contributed by atoms with van der Waals surface area (Å²) in [4.78, 5) is 0. The van der Waals surface area contributed by atoms with E-state index in [0.29, 0.717) is 0 Å². The fourth-order valence-corrected chi connectivity index (χ4v) is 2.40. The number of para-hydroxylation sites is 1. The van der Waals surface area contributed by atoms with Crippen LogP contribution in [0, 0.1) is 0 Å². The van der Waals surface area contributed by atoms with Crippen molar-refractivity contribution >= 4 is 11.1 Å². The second-order valence-electron chi connectivity index (χ2n) is 4.60. The molecule has 0 unspecified atom stereocenters. The van der Waals surface area contributed by atoms with E-state index in [4.69, 9.17) is 9.52 Å². The summed E-state index contributed by atoms with van der Waals surface area (Å²) in [7, 11) is 0. The predicted octanol–water partition coefficient (Wildman–Crippen LogP) is 4.29. The molecule has 96 valence electrons. The maximum absolute atomic E-state index is 5.62. The zero-order chi connectivity index (χ0) is 13.4. The molecule has 3 heteroatoms. The van der Waals surface area contributed by atoms with E-state index in [0.717, 1.165) is 28.0 Å². The second kappa shape index (κ2) is 4.38. The third-order valence-corrected chi connectivity index (χ3v) is 3.34. The molecule has 0 saturated heterocycles. The summed E-state index contributed by atoms with van der Waals surface area (Å²) in [6.45, 7) is 0. The third-order valence-electron chi connectivity index (χ3n) is 3.34. The Kier molecular flexibility index (Phi) is 2.42. The van der Waals surface area contributed by atoms with Crippen molar-refractivity contribution < 1.29 is 4.42 Å². The lowest BCUT2D eigenvalue weighted by molar-refractivity contribution is 0.616. The van der Waals surface area contributed by atoms with Gasteiger partial charge >= 0.3 is 0 Å². The van der Waals surface area contributed by atoms with Gasteiger partial charge in [-0.15, -0.1) is 0 Å². The standard InChI is InChI=1S/C17H12N2O/c1-3-7-13(8-4-1)16-17-15(11-12-20-17)19(18-16)14-9-5-2-6-10-14/h1-12H. The van der Waals surface area contributed by atoms with Gasteiger partial charge in [-0.1, -0.05) is 48.5 Å². The van der Waals surface area contributed by atoms with E-state index in [2.05, 4.69) is 0 Å². The van der Waals surface area contributed by atoms with Crippen LogP contribution < -0.4 is 0 Å². The van der Waals surface area contributed by atoms with Crippen LogP contribution in [0.2, 0.25) is 0 Å². The molecule has 0 saturated carbocycles. The first-order chi connectivity index (χ1) is 9.93. The largest absolute Gasteiger partial charge is 0.460 e. The quantitative estimate of drug-likeness (QED) is 0.538. The van der Waals surface area contributed by atoms with Crippen LogP contribution in [0.3, 0.4) is 0 Å². The molecule has 0 fully saturated rings. The highest BCUT2D eigenvalue weighted by Crippen LogP contribution is 2.30. The van der Waals surface area contributed by atoms with Crippen LogP contribution in [0.15, 0.2) is 77.4 Å². The van der Waals surface area contributed by atoms with E-state index < -0.39 is 0 Å². The van der Waals surface area contributed by atoms with Gasteiger partial charge in [0, 0.05) is 11.6 Å². The molecule has 2 aromatic carbocycles. The molecule has 3 nitrogen and oxygen atoms in total. The monoisotopic (exact) mass is 260 g/mol. The topological polar surface area (TPSA) is 31.0 Å². The van der Waals surface area contributed by atoms with Gasteiger partial charge in [0.2, 0.25) is 0 Å². The van der Waals surface area contributed by atoms with Gasteiger partial charge in [0.1, 0.15) is 11.2 Å². The Morgan fingerprint density at radius 3 is 2.25 bits per heavy atom. The maximum Gasteiger partial charge on any atom is 0.180 e. The van der Waals surface area contributed by atoms with Crippen LogP contribution in [0.25, 0.3) is 28.0 Å². The lowest BCUT2D eigenvalue weighted by Gasteiger charge is -2.01. The smallest absolute Gasteiger partial charge is 0.180 e. The molecule has 0 radical (unpaired) electrons. The van der Waals surface area contributed by atoms with Crippen molar-refractivity contribution in [3.05, 3.63) is 73.0 Å². The predicted molar refractivity (Wildman–Crippen MR) is 78.8 cm³/mol. The van der Waals surface area contributed by atoms with Gasteiger partial charge in [0.25, 0.3) is 0 Å². The number of hydrogen-bond donors (Lipinski definition) is 0. The van der Waals surface area contributed by atoms with Crippen LogP contribution in [0.1, 0.15) is 0 Å². The molecule has 0 aliphatic heterocycles. The summed E-state index contributed by atoms with van der Waals surface area (Å²) in [5, 5.41) is 4.71. The summed E-state index contributed by atoms with van der Waals surface area (Å²) in [5.74, 6) is 0. The number of hydrogen-bond acceptors (Lipinski definition) is 2. The number of aromatic nitrogens is 2. The fraction of sp³-hybridized carbons (Fsp3) is 0. The molecule has 0 spiro atoms. The second-order valence-corrected chi connectivity index (χ2v) is 4.60. The van der Waals surface area contributed by atoms with Crippen molar-refractivity contribution in [2.45, 2.75) is 0 Å². The normalized spacial score (nSPS) is 11.0. The Labute approximate surface area is 116 Å². The van der Waals surface area contributed by atoms with E-state index in [1.54, 1.807) is 6.26 Å². The number of benzene rings is 2. The van der Waals surface area contributed by atoms with Crippen molar-refractivity contribution in [3.63, 3.8) is 0 Å². The minimum Gasteiger partial charge on any atom is -0.460 e. The van der Waals surface area contributed by atoms with Gasteiger partial charge < -0.3 is 4.42 Å². The van der Waals surface area contributed by atoms with Crippen LogP contribution in [-0.4, -0.2) is 9.78 Å². The van der Waals surface area contributed by atoms with Gasteiger partial charge in [-0.3, -0.25) is 0 Å². The highest BCUT2D eigenvalue weighted by Gasteiger charge is 2.15. The van der Waals surface area contributed by atoms with Gasteiger partial charge in [-0.05, 0) is 12.1 Å². The average Bonchev–Trinajstić information content (AvgIpc) is 3.11. The summed E-state index contributed by atoms with van der Waals surface area (Å²) >= 11 is 0. The van der Waals surface area contributed by atoms with Gasteiger partial charge in [-0.25, -0.2) is 4.68 Å². The minimum atomic E-state index is 0.819. The molecule has 0 bridgehead atoms. The molecule has 0 N–H and O–H groups in total. The van der Waals surface area contributed by atoms with Crippen molar-refractivity contribution in [1.82, 2.24) is 9.78 Å². The molecule has 2 aromatic heterocycles. The van der Waals surface area contributed by atoms with E-state index in [-0.39, 0.29) is 0 Å². The van der Waals surface area contributed by atoms with Crippen LogP contribution in [0.4, 0.5) is 0 Å². The molecule has 20 heavy (non-hydrogen) atoms. The Balaban J connectivity index is 1.99. The van der Waals surface area contributed by atoms with Crippen LogP contribution >= 0.6 is 0 Å². The van der Waals surface area contributed by atoms with E-state index in [9.17, 15) is 0 Å². The zero-order valence-electron chi connectivity index (χ0n) is 10.7. The molecule has 0 aliphatic carbocycles. The van der Waals surface area contributed by atoms with Gasteiger partial charge in [0.05, 0.1) is 12.0 Å². The van der Waals surface area contributed by atoms with E-state index in [1.807, 2.05) is 71.4 Å². The molecule has 0 atom stereocenters. The van der Waals surface area contributed by atoms with E-state index in [1.165, 1.54) is 0 Å². The van der Waals surface area contributed by atoms with Crippen molar-refractivity contribution in [3.8, 4) is 16.9 Å². The van der Waals surface area contributed by atoms with E-state index >= 15 is 0 Å². The molecule has 4 aromatic rings. The Hall–Kier alpha value is -2.81. The summed E-state index contributed by atoms with van der Waals surface area (Å²) in [5.41, 5.74) is 4.76. The third kappa shape index (κ3) is 1.64. The molecular formula is C17H12N2O. The highest BCUT2D eigenvalue weighted by molar-refractivity contribution is 5.89. The van der Waals surface area contributed by atoms with Gasteiger partial charge in [0.15, 0.2) is 5.58 Å². The summed E-state index contributed by atoms with van der Waals surface area (Å²) < 4.78 is 7.54. The highest BCUT2D eigenvalue weighted by atomic mass is 16.3. The number of rotatable bonds is 2. The summed E-state index contributed by atoms with van der Waals surface area (Å²) in [6, 6.07) is 22.1. The first kappa shape index (κ1) is 11.1. The lowest BCUT2D eigenvalue weighted by atomic mass is 10.1. The van der Waals surface area contributed by atoms with Crippen LogP contribution in [0.5, 0.6) is 0 Å². The molecule has 2 heterocycles. The van der Waals surface area contributed by atoms with Gasteiger partial charge in [-0.2, -0.15) is 5.10 Å². The number of fused-ring (bicyclic) bond motifs is 1. The Morgan fingerprint density at radius 1 is 0.800 bits per heavy atom. The molecule has 0 aliphatic rings. The first-order valence-electron chi connectivity index (χ1n) is 6.50. The Bertz CT molecular complexity index is 775. The maximum atomic E-state index is 5.62. The van der Waals surface area contributed by atoms with Crippen molar-refractivity contribution in [2.75, 3.05) is 0 Å². The number of furan rings is 1. The molecular weight excluding hydrogens is 248 g/mol. The molecule has 4 rings (SSSR count). The number of nitrogens with zero attached hydrogens (tertiary/aromatic N) is 2. The SMILES string of the molecule is c1ccc(-c2nn(-c3ccccc3)c3ccoc23)cc1. The minimum absolute atomic E-state index is 0.819. The average molecular weight is 260 g/mol. The molecule has 0 amide bonds. The lowest BCUT2D eigenvalue weighted by Crippen LogP contribution is -1.95. The van der Waals surface area contributed by atoms with Crippen LogP contribution in [-0.2, 0) is 0 Å². The summed E-state index contributed by atoms with van der Waals surface area (Å²) in [6.07, 6.45) is 1.71. The Morgan fingerprint density at radius 2 is 1.50 bits per heavy atom. The fourth-order valence-electron chi connectivity index (χ4n) is 2.40. The van der Waals surface area contributed by atoms with Crippen molar-refractivity contribution in [1.29, 1.82) is 0 Å². The van der Waals surface area contributed by atoms with Crippen molar-refractivity contribution in [2.24, 2.45) is 0 Å².